The van der Waals surface area contributed by atoms with E-state index in [2.05, 4.69) is 28.2 Å². The molecule has 24 heavy (non-hydrogen) atoms. The van der Waals surface area contributed by atoms with E-state index in [4.69, 9.17) is 0 Å². The van der Waals surface area contributed by atoms with Crippen molar-refractivity contribution < 1.29 is 0 Å². The first kappa shape index (κ1) is 17.3. The van der Waals surface area contributed by atoms with E-state index in [9.17, 15) is 4.79 Å². The van der Waals surface area contributed by atoms with E-state index in [0.29, 0.717) is 0 Å². The van der Waals surface area contributed by atoms with Gasteiger partial charge in [0.05, 0.1) is 12.1 Å². The number of hydrogen-bond acceptors (Lipinski definition) is 3. The van der Waals surface area contributed by atoms with Gasteiger partial charge in [0.2, 0.25) is 0 Å². The molecule has 1 aliphatic heterocycles. The summed E-state index contributed by atoms with van der Waals surface area (Å²) in [5.41, 5.74) is 0.792. The molecule has 0 atom stereocenters. The minimum absolute atomic E-state index is 0. The van der Waals surface area contributed by atoms with Crippen molar-refractivity contribution in [3.05, 3.63) is 46.9 Å². The molecule has 1 aliphatic rings. The van der Waals surface area contributed by atoms with Gasteiger partial charge in [-0.15, -0.1) is 23.7 Å². The van der Waals surface area contributed by atoms with Crippen LogP contribution in [0, 0.1) is 0 Å². The van der Waals surface area contributed by atoms with Crippen LogP contribution < -0.4 is 5.56 Å². The Morgan fingerprint density at radius 3 is 2.67 bits per heavy atom. The molecule has 4 rings (SSSR count). The van der Waals surface area contributed by atoms with Crippen molar-refractivity contribution in [2.24, 2.45) is 0 Å². The molecule has 128 valence electrons. The second-order valence-corrected chi connectivity index (χ2v) is 7.31. The fourth-order valence-electron chi connectivity index (χ4n) is 3.28. The van der Waals surface area contributed by atoms with Crippen LogP contribution in [0.3, 0.4) is 0 Å². The van der Waals surface area contributed by atoms with E-state index in [1.54, 1.807) is 11.3 Å². The average molecular weight is 364 g/mol. The summed E-state index contributed by atoms with van der Waals surface area (Å²) in [6.45, 7) is 4.24. The van der Waals surface area contributed by atoms with Crippen molar-refractivity contribution in [3.63, 3.8) is 0 Å². The molecule has 6 heteroatoms. The molecule has 0 bridgehead atoms. The molecule has 1 aromatic carbocycles. The lowest BCUT2D eigenvalue weighted by Gasteiger charge is -2.26. The van der Waals surface area contributed by atoms with Gasteiger partial charge in [-0.1, -0.05) is 24.6 Å². The van der Waals surface area contributed by atoms with Crippen LogP contribution in [0.25, 0.3) is 20.5 Å². The van der Waals surface area contributed by atoms with Crippen molar-refractivity contribution in [1.82, 2.24) is 14.7 Å². The minimum Gasteiger partial charge on any atom is -0.302 e. The number of halogens is 1. The van der Waals surface area contributed by atoms with E-state index in [1.165, 1.54) is 42.4 Å². The summed E-state index contributed by atoms with van der Waals surface area (Å²) in [4.78, 5) is 15.8. The highest BCUT2D eigenvalue weighted by Gasteiger charge is 2.13. The third-order valence-electron chi connectivity index (χ3n) is 4.57. The van der Waals surface area contributed by atoms with E-state index >= 15 is 0 Å². The molecule has 0 radical (unpaired) electrons. The Balaban J connectivity index is 0.00000169. The molecule has 0 spiro atoms. The summed E-state index contributed by atoms with van der Waals surface area (Å²) in [6, 6.07) is 10.4. The number of aromatic nitrogens is 2. The molecule has 1 saturated heterocycles. The van der Waals surface area contributed by atoms with E-state index in [0.717, 1.165) is 23.5 Å². The second-order valence-electron chi connectivity index (χ2n) is 6.23. The first-order chi connectivity index (χ1) is 11.3. The molecule has 0 unspecified atom stereocenters. The third kappa shape index (κ3) is 3.58. The van der Waals surface area contributed by atoms with Crippen LogP contribution in [0.5, 0.6) is 0 Å². The molecule has 1 N–H and O–H groups in total. The van der Waals surface area contributed by atoms with Gasteiger partial charge in [0.15, 0.2) is 0 Å². The zero-order chi connectivity index (χ0) is 15.6. The van der Waals surface area contributed by atoms with E-state index in [-0.39, 0.29) is 18.0 Å². The van der Waals surface area contributed by atoms with Crippen LogP contribution in [0.4, 0.5) is 0 Å². The summed E-state index contributed by atoms with van der Waals surface area (Å²) in [7, 11) is 0. The topological polar surface area (TPSA) is 41.0 Å². The average Bonchev–Trinajstić information content (AvgIpc) is 3.17. The molecular weight excluding hydrogens is 342 g/mol. The lowest BCUT2D eigenvalue weighted by molar-refractivity contribution is 0.218. The number of likely N-dealkylation sites (tertiary alicyclic amines) is 1. The highest BCUT2D eigenvalue weighted by molar-refractivity contribution is 7.22. The van der Waals surface area contributed by atoms with Crippen LogP contribution in [0.2, 0.25) is 0 Å². The predicted molar refractivity (Wildman–Crippen MR) is 103 cm³/mol. The van der Waals surface area contributed by atoms with Gasteiger partial charge in [-0.3, -0.25) is 14.6 Å². The quantitative estimate of drug-likeness (QED) is 0.762. The third-order valence-corrected chi connectivity index (χ3v) is 5.72. The molecule has 0 amide bonds. The molecule has 2 aromatic heterocycles. The number of H-pyrrole nitrogens is 1. The number of nitrogens with one attached hydrogen (secondary N) is 1. The van der Waals surface area contributed by atoms with Gasteiger partial charge in [-0.05, 0) is 43.5 Å². The first-order valence-corrected chi connectivity index (χ1v) is 9.12. The Morgan fingerprint density at radius 1 is 1.08 bits per heavy atom. The molecule has 3 heterocycles. The van der Waals surface area contributed by atoms with Gasteiger partial charge in [-0.2, -0.15) is 0 Å². The predicted octanol–water partition coefficient (Wildman–Crippen LogP) is 3.97. The minimum atomic E-state index is 0. The maximum atomic E-state index is 12.3. The van der Waals surface area contributed by atoms with Crippen molar-refractivity contribution in [1.29, 1.82) is 0 Å². The number of aromatic amines is 1. The molecular formula is C18H22ClN3OS. The van der Waals surface area contributed by atoms with Crippen LogP contribution >= 0.6 is 23.7 Å². The normalized spacial score (nSPS) is 15.5. The standard InChI is InChI=1S/C18H21N3OS.ClH/c22-18-15(17-12-14-6-2-3-7-16(14)23-17)13-21(19-18)11-10-20-8-4-1-5-9-20;/h2-3,6-7,12-13H,1,4-5,8-11H2,(H,19,22);1H. The van der Waals surface area contributed by atoms with Crippen LogP contribution in [0.15, 0.2) is 41.3 Å². The maximum Gasteiger partial charge on any atom is 0.272 e. The van der Waals surface area contributed by atoms with Gasteiger partial charge in [0, 0.05) is 22.3 Å². The highest BCUT2D eigenvalue weighted by Crippen LogP contribution is 2.31. The molecule has 1 fully saturated rings. The summed E-state index contributed by atoms with van der Waals surface area (Å²) in [5.74, 6) is 0. The molecule has 0 aliphatic carbocycles. The number of rotatable bonds is 4. The van der Waals surface area contributed by atoms with Crippen molar-refractivity contribution in [2.45, 2.75) is 25.8 Å². The zero-order valence-electron chi connectivity index (χ0n) is 13.5. The Kier molecular flexibility index (Phi) is 5.43. The zero-order valence-corrected chi connectivity index (χ0v) is 15.2. The largest absolute Gasteiger partial charge is 0.302 e. The molecule has 3 aromatic rings. The Morgan fingerprint density at radius 2 is 1.88 bits per heavy atom. The fraction of sp³-hybridized carbons (Fsp3) is 0.389. The smallest absolute Gasteiger partial charge is 0.272 e. The van der Waals surface area contributed by atoms with Crippen molar-refractivity contribution in [3.8, 4) is 10.4 Å². The van der Waals surface area contributed by atoms with Gasteiger partial charge in [0.25, 0.3) is 5.56 Å². The summed E-state index contributed by atoms with van der Waals surface area (Å²) in [5, 5.41) is 4.17. The Bertz CT molecular complexity index is 827. The second kappa shape index (κ2) is 7.55. The number of thiophene rings is 1. The highest BCUT2D eigenvalue weighted by atomic mass is 35.5. The summed E-state index contributed by atoms with van der Waals surface area (Å²) < 4.78 is 3.17. The molecule has 0 saturated carbocycles. The lowest BCUT2D eigenvalue weighted by atomic mass is 10.1. The van der Waals surface area contributed by atoms with Crippen molar-refractivity contribution in [2.75, 3.05) is 19.6 Å². The van der Waals surface area contributed by atoms with Gasteiger partial charge in [-0.25, -0.2) is 0 Å². The SMILES string of the molecule is Cl.O=c1[nH]n(CCN2CCCCC2)cc1-c1cc2ccccc2s1. The Labute approximate surface area is 151 Å². The number of hydrogen-bond donors (Lipinski definition) is 1. The fourth-order valence-corrected chi connectivity index (χ4v) is 4.35. The van der Waals surface area contributed by atoms with Gasteiger partial charge < -0.3 is 4.90 Å². The van der Waals surface area contributed by atoms with Crippen LogP contribution in [-0.2, 0) is 6.54 Å². The van der Waals surface area contributed by atoms with Crippen molar-refractivity contribution >= 4 is 33.8 Å². The van der Waals surface area contributed by atoms with Gasteiger partial charge >= 0.3 is 0 Å². The first-order valence-electron chi connectivity index (χ1n) is 8.30. The van der Waals surface area contributed by atoms with Crippen LogP contribution in [0.1, 0.15) is 19.3 Å². The molecule has 4 nitrogen and oxygen atoms in total. The summed E-state index contributed by atoms with van der Waals surface area (Å²) in [6.07, 6.45) is 5.92. The van der Waals surface area contributed by atoms with Crippen LogP contribution in [-0.4, -0.2) is 34.3 Å². The monoisotopic (exact) mass is 363 g/mol. The maximum absolute atomic E-state index is 12.3. The van der Waals surface area contributed by atoms with Gasteiger partial charge in [0.1, 0.15) is 0 Å². The number of piperidine rings is 1. The number of benzene rings is 1. The summed E-state index contributed by atoms with van der Waals surface area (Å²) >= 11 is 1.68. The lowest BCUT2D eigenvalue weighted by Crippen LogP contribution is -2.32. The van der Waals surface area contributed by atoms with E-state index < -0.39 is 0 Å². The number of fused-ring (bicyclic) bond motifs is 1. The van der Waals surface area contributed by atoms with E-state index in [1.807, 2.05) is 23.0 Å². The Hall–Kier alpha value is -1.56. The number of nitrogens with zero attached hydrogens (tertiary/aromatic N) is 2.